The first kappa shape index (κ1) is 23.1. The van der Waals surface area contributed by atoms with Gasteiger partial charge in [0.25, 0.3) is 0 Å². The van der Waals surface area contributed by atoms with Crippen LogP contribution in [0, 0.1) is 11.3 Å². The van der Waals surface area contributed by atoms with Crippen molar-refractivity contribution in [3.63, 3.8) is 0 Å². The van der Waals surface area contributed by atoms with Gasteiger partial charge >= 0.3 is 6.03 Å². The van der Waals surface area contributed by atoms with Crippen molar-refractivity contribution in [2.45, 2.75) is 39.5 Å². The fraction of sp³-hybridized carbons (Fsp3) is 0.320. The molecule has 32 heavy (non-hydrogen) atoms. The highest BCUT2D eigenvalue weighted by molar-refractivity contribution is 6.00. The lowest BCUT2D eigenvalue weighted by atomic mass is 9.95. The molecule has 0 saturated carbocycles. The summed E-state index contributed by atoms with van der Waals surface area (Å²) < 4.78 is 12.2. The molecule has 3 rings (SSSR count). The summed E-state index contributed by atoms with van der Waals surface area (Å²) in [6.07, 6.45) is 2.28. The summed E-state index contributed by atoms with van der Waals surface area (Å²) in [5.74, 6) is 0.893. The predicted octanol–water partition coefficient (Wildman–Crippen LogP) is 4.49. The van der Waals surface area contributed by atoms with E-state index in [0.29, 0.717) is 37.7 Å². The number of carbonyl (C=O) groups is 1. The van der Waals surface area contributed by atoms with Crippen LogP contribution in [0.25, 0.3) is 0 Å². The predicted molar refractivity (Wildman–Crippen MR) is 125 cm³/mol. The molecule has 2 atom stereocenters. The van der Waals surface area contributed by atoms with Gasteiger partial charge in [0.1, 0.15) is 30.9 Å². The number of aliphatic imine (C=N–C) groups is 1. The Balaban J connectivity index is 1.83. The smallest absolute Gasteiger partial charge is 0.320 e. The van der Waals surface area contributed by atoms with Crippen molar-refractivity contribution in [1.29, 1.82) is 5.41 Å². The summed E-state index contributed by atoms with van der Waals surface area (Å²) >= 11 is 0. The lowest BCUT2D eigenvalue weighted by Gasteiger charge is -2.32. The highest BCUT2D eigenvalue weighted by atomic mass is 16.5. The molecule has 1 aliphatic rings. The van der Waals surface area contributed by atoms with Crippen molar-refractivity contribution in [3.05, 3.63) is 83.3 Å². The van der Waals surface area contributed by atoms with Crippen molar-refractivity contribution in [3.8, 4) is 0 Å². The Kier molecular flexibility index (Phi) is 8.02. The van der Waals surface area contributed by atoms with Gasteiger partial charge in [-0.2, -0.15) is 0 Å². The van der Waals surface area contributed by atoms with Crippen LogP contribution in [0.1, 0.15) is 31.4 Å². The van der Waals surface area contributed by atoms with Gasteiger partial charge in [-0.3, -0.25) is 15.3 Å². The van der Waals surface area contributed by atoms with Gasteiger partial charge in [-0.1, -0.05) is 74.5 Å². The van der Waals surface area contributed by atoms with E-state index in [4.69, 9.17) is 20.6 Å². The summed E-state index contributed by atoms with van der Waals surface area (Å²) in [7, 11) is 0. The number of nitrogens with two attached hydrogens (primary N) is 1. The molecular weight excluding hydrogens is 404 g/mol. The maximum absolute atomic E-state index is 11.9. The van der Waals surface area contributed by atoms with Crippen LogP contribution in [-0.4, -0.2) is 35.6 Å². The van der Waals surface area contributed by atoms with E-state index in [1.165, 1.54) is 4.90 Å². The number of ether oxygens (including phenoxy) is 2. The van der Waals surface area contributed by atoms with Gasteiger partial charge in [-0.15, -0.1) is 0 Å². The summed E-state index contributed by atoms with van der Waals surface area (Å²) in [5.41, 5.74) is 7.56. The van der Waals surface area contributed by atoms with Gasteiger partial charge in [-0.25, -0.2) is 4.79 Å². The van der Waals surface area contributed by atoms with Crippen LogP contribution < -0.4 is 5.73 Å². The van der Waals surface area contributed by atoms with Crippen LogP contribution in [0.2, 0.25) is 0 Å². The van der Waals surface area contributed by atoms with Crippen LogP contribution in [-0.2, 0) is 22.7 Å². The van der Waals surface area contributed by atoms with Crippen LogP contribution in [0.5, 0.6) is 0 Å². The fourth-order valence-corrected chi connectivity index (χ4v) is 3.53. The second kappa shape index (κ2) is 11.1. The van der Waals surface area contributed by atoms with E-state index in [2.05, 4.69) is 4.99 Å². The fourth-order valence-electron chi connectivity index (χ4n) is 3.53. The Labute approximate surface area is 189 Å². The molecule has 0 fully saturated rings. The second-order valence-corrected chi connectivity index (χ2v) is 7.66. The quantitative estimate of drug-likeness (QED) is 0.449. The molecule has 2 aromatic carbocycles. The van der Waals surface area contributed by atoms with Crippen LogP contribution in [0.3, 0.4) is 0 Å². The minimum atomic E-state index is -0.652. The molecule has 2 aromatic rings. The lowest BCUT2D eigenvalue weighted by Crippen LogP contribution is -2.48. The topological polar surface area (TPSA) is 101 Å². The van der Waals surface area contributed by atoms with Gasteiger partial charge in [0, 0.05) is 12.5 Å². The van der Waals surface area contributed by atoms with Crippen molar-refractivity contribution >= 4 is 18.1 Å². The SMILES string of the molecule is CCCN(C(=N)[C@H]1N=CC(OCc2ccccc2)=C(OCc2ccccc2)C1C)C(N)=O. The van der Waals surface area contributed by atoms with Gasteiger partial charge in [0.05, 0.1) is 6.21 Å². The first-order valence-corrected chi connectivity index (χ1v) is 10.8. The number of hydrogen-bond acceptors (Lipinski definition) is 5. The highest BCUT2D eigenvalue weighted by Crippen LogP contribution is 2.29. The molecule has 0 aliphatic carbocycles. The van der Waals surface area contributed by atoms with Gasteiger partial charge in [-0.05, 0) is 17.5 Å². The Morgan fingerprint density at radius 2 is 1.59 bits per heavy atom. The standard InChI is InChI=1S/C25H30N4O3/c1-3-14-29(25(27)30)24(26)22-18(2)23(32-17-20-12-8-5-9-13-20)21(15-28-22)31-16-19-10-6-4-7-11-19/h4-13,15,18,22,26H,3,14,16-17H2,1-2H3,(H2,27,30)/t18?,22-/m0/s1. The normalized spacial score (nSPS) is 17.7. The molecule has 2 amide bonds. The number of urea groups is 1. The van der Waals surface area contributed by atoms with Crippen LogP contribution in [0.15, 0.2) is 77.2 Å². The van der Waals surface area contributed by atoms with E-state index in [0.717, 1.165) is 11.1 Å². The molecule has 0 bridgehead atoms. The molecule has 1 heterocycles. The number of hydrogen-bond donors (Lipinski definition) is 2. The third-order valence-corrected chi connectivity index (χ3v) is 5.24. The average Bonchev–Trinajstić information content (AvgIpc) is 2.81. The molecule has 168 valence electrons. The number of primary amides is 1. The number of benzene rings is 2. The molecule has 0 spiro atoms. The van der Waals surface area contributed by atoms with E-state index in [-0.39, 0.29) is 11.8 Å². The maximum Gasteiger partial charge on any atom is 0.320 e. The monoisotopic (exact) mass is 434 g/mol. The summed E-state index contributed by atoms with van der Waals surface area (Å²) in [4.78, 5) is 17.7. The molecule has 1 unspecified atom stereocenters. The molecule has 3 N–H and O–H groups in total. The van der Waals surface area contributed by atoms with Crippen molar-refractivity contribution in [2.75, 3.05) is 6.54 Å². The van der Waals surface area contributed by atoms with Crippen LogP contribution in [0.4, 0.5) is 4.79 Å². The van der Waals surface area contributed by atoms with E-state index < -0.39 is 12.1 Å². The Morgan fingerprint density at radius 3 is 2.12 bits per heavy atom. The van der Waals surface area contributed by atoms with Gasteiger partial charge in [0.15, 0.2) is 5.76 Å². The van der Waals surface area contributed by atoms with E-state index in [1.807, 2.05) is 74.5 Å². The third kappa shape index (κ3) is 5.75. The van der Waals surface area contributed by atoms with Crippen molar-refractivity contribution in [1.82, 2.24) is 4.90 Å². The zero-order valence-corrected chi connectivity index (χ0v) is 18.5. The number of carbonyl (C=O) groups excluding carboxylic acids is 1. The summed E-state index contributed by atoms with van der Waals surface area (Å²) in [5, 5.41) is 8.59. The number of nitrogens with zero attached hydrogens (tertiary/aromatic N) is 2. The Morgan fingerprint density at radius 1 is 1.03 bits per heavy atom. The number of rotatable bonds is 9. The molecule has 7 heteroatoms. The van der Waals surface area contributed by atoms with Gasteiger partial charge in [0.2, 0.25) is 0 Å². The van der Waals surface area contributed by atoms with Crippen molar-refractivity contribution < 1.29 is 14.3 Å². The average molecular weight is 435 g/mol. The number of allylic oxidation sites excluding steroid dienone is 1. The highest BCUT2D eigenvalue weighted by Gasteiger charge is 2.35. The number of nitrogens with one attached hydrogen (secondary N) is 1. The first-order chi connectivity index (χ1) is 15.5. The summed E-state index contributed by atoms with van der Waals surface area (Å²) in [6.45, 7) is 4.96. The van der Waals surface area contributed by atoms with Crippen molar-refractivity contribution in [2.24, 2.45) is 16.6 Å². The molecule has 0 aromatic heterocycles. The van der Waals surface area contributed by atoms with Crippen LogP contribution >= 0.6 is 0 Å². The minimum absolute atomic E-state index is 0.0611. The molecule has 0 radical (unpaired) electrons. The maximum atomic E-state index is 11.9. The van der Waals surface area contributed by atoms with E-state index in [9.17, 15) is 4.79 Å². The Hall–Kier alpha value is -3.61. The third-order valence-electron chi connectivity index (χ3n) is 5.24. The number of amides is 2. The minimum Gasteiger partial charge on any atom is -0.489 e. The molecule has 0 saturated heterocycles. The first-order valence-electron chi connectivity index (χ1n) is 10.8. The molecular formula is C25H30N4O3. The number of amidine groups is 1. The zero-order valence-electron chi connectivity index (χ0n) is 18.5. The second-order valence-electron chi connectivity index (χ2n) is 7.66. The zero-order chi connectivity index (χ0) is 22.9. The lowest BCUT2D eigenvalue weighted by molar-refractivity contribution is 0.123. The van der Waals surface area contributed by atoms with E-state index >= 15 is 0 Å². The largest absolute Gasteiger partial charge is 0.489 e. The number of dihydropyridines is 1. The summed E-state index contributed by atoms with van der Waals surface area (Å²) in [6, 6.07) is 18.5. The van der Waals surface area contributed by atoms with Gasteiger partial charge < -0.3 is 15.2 Å². The molecule has 7 nitrogen and oxygen atoms in total. The Bertz CT molecular complexity index is 973. The van der Waals surface area contributed by atoms with E-state index in [1.54, 1.807) is 6.21 Å². The molecule has 1 aliphatic heterocycles.